The number of hydrogen-bond donors (Lipinski definition) is 1. The van der Waals surface area contributed by atoms with Gasteiger partial charge >= 0.3 is 0 Å². The molecule has 0 saturated carbocycles. The second kappa shape index (κ2) is 2.64. The van der Waals surface area contributed by atoms with Crippen LogP contribution in [-0.4, -0.2) is 41.7 Å². The van der Waals surface area contributed by atoms with Gasteiger partial charge in [0.2, 0.25) is 0 Å². The zero-order valence-corrected chi connectivity index (χ0v) is 6.84. The third kappa shape index (κ3) is 1.23. The number of alkyl halides is 2. The van der Waals surface area contributed by atoms with Crippen LogP contribution < -0.4 is 0 Å². The van der Waals surface area contributed by atoms with Crippen molar-refractivity contribution in [2.24, 2.45) is 5.92 Å². The summed E-state index contributed by atoms with van der Waals surface area (Å²) in [6, 6.07) is -0.0648. The molecule has 0 spiro atoms. The summed E-state index contributed by atoms with van der Waals surface area (Å²) in [4.78, 5) is 1.81. The van der Waals surface area contributed by atoms with Crippen LogP contribution in [0.15, 0.2) is 0 Å². The Balaban J connectivity index is 2.06. The summed E-state index contributed by atoms with van der Waals surface area (Å²) in [7, 11) is 0. The van der Waals surface area contributed by atoms with Gasteiger partial charge in [-0.1, -0.05) is 0 Å². The van der Waals surface area contributed by atoms with Crippen LogP contribution in [0.4, 0.5) is 8.78 Å². The van der Waals surface area contributed by atoms with E-state index in [9.17, 15) is 8.78 Å². The molecule has 0 bridgehead atoms. The predicted molar refractivity (Wildman–Crippen MR) is 40.1 cm³/mol. The highest BCUT2D eigenvalue weighted by Crippen LogP contribution is 2.40. The van der Waals surface area contributed by atoms with Crippen LogP contribution in [0, 0.1) is 5.92 Å². The van der Waals surface area contributed by atoms with E-state index in [1.54, 1.807) is 4.90 Å². The monoisotopic (exact) mass is 177 g/mol. The van der Waals surface area contributed by atoms with E-state index >= 15 is 0 Å². The average Bonchev–Trinajstić information content (AvgIpc) is 2.42. The first kappa shape index (κ1) is 8.38. The zero-order chi connectivity index (χ0) is 8.77. The molecule has 4 heteroatoms. The second-order valence-corrected chi connectivity index (χ2v) is 3.83. The van der Waals surface area contributed by atoms with Gasteiger partial charge in [-0.2, -0.15) is 0 Å². The maximum Gasteiger partial charge on any atom is 0.262 e. The Kier molecular flexibility index (Phi) is 1.84. The van der Waals surface area contributed by atoms with Gasteiger partial charge in [0.15, 0.2) is 0 Å². The van der Waals surface area contributed by atoms with Crippen molar-refractivity contribution in [2.75, 3.05) is 19.7 Å². The fraction of sp³-hybridized carbons (Fsp3) is 1.00. The molecule has 2 rings (SSSR count). The number of hydrogen-bond acceptors (Lipinski definition) is 2. The lowest BCUT2D eigenvalue weighted by Crippen LogP contribution is -2.27. The van der Waals surface area contributed by atoms with Crippen molar-refractivity contribution in [2.45, 2.75) is 24.8 Å². The number of nitrogens with zero attached hydrogens (tertiary/aromatic N) is 1. The van der Waals surface area contributed by atoms with Crippen molar-refractivity contribution < 1.29 is 13.9 Å². The lowest BCUT2D eigenvalue weighted by molar-refractivity contribution is 0.00935. The first-order valence-corrected chi connectivity index (χ1v) is 4.35. The quantitative estimate of drug-likeness (QED) is 0.637. The number of aliphatic hydroxyl groups excluding tert-OH is 1. The predicted octanol–water partition coefficient (Wildman–Crippen LogP) is 0.708. The fourth-order valence-corrected chi connectivity index (χ4v) is 2.36. The fourth-order valence-electron chi connectivity index (χ4n) is 2.36. The van der Waals surface area contributed by atoms with Crippen molar-refractivity contribution in [1.29, 1.82) is 0 Å². The number of halogens is 2. The summed E-state index contributed by atoms with van der Waals surface area (Å²) in [6.07, 6.45) is 0.815. The molecule has 0 aromatic carbocycles. The van der Waals surface area contributed by atoms with E-state index < -0.39 is 5.92 Å². The van der Waals surface area contributed by atoms with Crippen LogP contribution >= 0.6 is 0 Å². The molecule has 0 amide bonds. The first-order valence-electron chi connectivity index (χ1n) is 4.35. The lowest BCUT2D eigenvalue weighted by Gasteiger charge is -2.16. The number of rotatable bonds is 1. The van der Waals surface area contributed by atoms with E-state index in [1.165, 1.54) is 0 Å². The summed E-state index contributed by atoms with van der Waals surface area (Å²) in [6.45, 7) is 0.677. The lowest BCUT2D eigenvalue weighted by atomic mass is 9.99. The molecule has 2 atom stereocenters. The van der Waals surface area contributed by atoms with Crippen LogP contribution in [0.1, 0.15) is 12.8 Å². The molecule has 2 aliphatic heterocycles. The molecule has 2 saturated heterocycles. The van der Waals surface area contributed by atoms with Gasteiger partial charge in [-0.25, -0.2) is 8.78 Å². The van der Waals surface area contributed by atoms with E-state index in [1.807, 2.05) is 0 Å². The smallest absolute Gasteiger partial charge is 0.262 e. The molecule has 2 aliphatic rings. The first-order chi connectivity index (χ1) is 5.62. The molecule has 0 aliphatic carbocycles. The summed E-state index contributed by atoms with van der Waals surface area (Å²) < 4.78 is 25.7. The molecule has 0 aromatic heterocycles. The molecule has 70 valence electrons. The topological polar surface area (TPSA) is 23.5 Å². The highest BCUT2D eigenvalue weighted by atomic mass is 19.3. The second-order valence-electron chi connectivity index (χ2n) is 3.83. The van der Waals surface area contributed by atoms with E-state index in [0.29, 0.717) is 0 Å². The van der Waals surface area contributed by atoms with Crippen LogP contribution in [0.5, 0.6) is 0 Å². The minimum atomic E-state index is -2.52. The molecule has 2 heterocycles. The van der Waals surface area contributed by atoms with Crippen LogP contribution in [0.2, 0.25) is 0 Å². The van der Waals surface area contributed by atoms with Gasteiger partial charge in [-0.15, -0.1) is 0 Å². The molecular formula is C8H13F2NO. The molecule has 2 nitrogen and oxygen atoms in total. The van der Waals surface area contributed by atoms with Crippen molar-refractivity contribution in [1.82, 2.24) is 4.90 Å². The third-order valence-electron chi connectivity index (χ3n) is 2.98. The average molecular weight is 177 g/mol. The Bertz CT molecular complexity index is 186. The van der Waals surface area contributed by atoms with Gasteiger partial charge in [0.05, 0.1) is 6.54 Å². The molecule has 0 aromatic rings. The molecule has 1 N–H and O–H groups in total. The maximum absolute atomic E-state index is 12.9. The third-order valence-corrected chi connectivity index (χ3v) is 2.98. The van der Waals surface area contributed by atoms with E-state index in [4.69, 9.17) is 5.11 Å². The Hall–Kier alpha value is -0.220. The van der Waals surface area contributed by atoms with Gasteiger partial charge in [0.1, 0.15) is 0 Å². The summed E-state index contributed by atoms with van der Waals surface area (Å²) >= 11 is 0. The SMILES string of the molecule is OC[C@@H]1CCN2CC(F)(F)CC12. The van der Waals surface area contributed by atoms with Gasteiger partial charge < -0.3 is 5.11 Å². The molecular weight excluding hydrogens is 164 g/mol. The Labute approximate surface area is 70.2 Å². The van der Waals surface area contributed by atoms with Crippen LogP contribution in [0.25, 0.3) is 0 Å². The van der Waals surface area contributed by atoms with Gasteiger partial charge in [0, 0.05) is 19.1 Å². The van der Waals surface area contributed by atoms with Crippen molar-refractivity contribution in [3.8, 4) is 0 Å². The van der Waals surface area contributed by atoms with E-state index in [-0.39, 0.29) is 31.5 Å². The van der Waals surface area contributed by atoms with Gasteiger partial charge in [-0.3, -0.25) is 4.90 Å². The van der Waals surface area contributed by atoms with Gasteiger partial charge in [0.25, 0.3) is 5.92 Å². The molecule has 2 fully saturated rings. The van der Waals surface area contributed by atoms with Crippen LogP contribution in [-0.2, 0) is 0 Å². The standard InChI is InChI=1S/C8H13F2NO/c9-8(10)3-7-6(4-12)1-2-11(7)5-8/h6-7,12H,1-5H2/t6-,7?/m0/s1. The summed E-state index contributed by atoms with van der Waals surface area (Å²) in [5, 5.41) is 8.91. The number of fused-ring (bicyclic) bond motifs is 1. The highest BCUT2D eigenvalue weighted by molar-refractivity contribution is 4.98. The highest BCUT2D eigenvalue weighted by Gasteiger charge is 2.50. The van der Waals surface area contributed by atoms with Crippen molar-refractivity contribution in [3.05, 3.63) is 0 Å². The minimum absolute atomic E-state index is 0.0528. The Morgan fingerprint density at radius 1 is 1.50 bits per heavy atom. The minimum Gasteiger partial charge on any atom is -0.396 e. The Morgan fingerprint density at radius 3 is 2.92 bits per heavy atom. The normalized spacial score (nSPS) is 40.2. The van der Waals surface area contributed by atoms with Crippen LogP contribution in [0.3, 0.4) is 0 Å². The maximum atomic E-state index is 12.9. The summed E-state index contributed by atoms with van der Waals surface area (Å²) in [5.74, 6) is -2.43. The van der Waals surface area contributed by atoms with E-state index in [2.05, 4.69) is 0 Å². The summed E-state index contributed by atoms with van der Waals surface area (Å²) in [5.41, 5.74) is 0. The number of aliphatic hydroxyl groups is 1. The van der Waals surface area contributed by atoms with Gasteiger partial charge in [-0.05, 0) is 18.9 Å². The van der Waals surface area contributed by atoms with E-state index in [0.717, 1.165) is 13.0 Å². The van der Waals surface area contributed by atoms with Crippen molar-refractivity contribution >= 4 is 0 Å². The zero-order valence-electron chi connectivity index (χ0n) is 6.84. The largest absolute Gasteiger partial charge is 0.396 e. The molecule has 1 unspecified atom stereocenters. The molecule has 12 heavy (non-hydrogen) atoms. The Morgan fingerprint density at radius 2 is 2.25 bits per heavy atom. The van der Waals surface area contributed by atoms with Crippen molar-refractivity contribution in [3.63, 3.8) is 0 Å². The molecule has 0 radical (unpaired) electrons.